The molecule has 3 heterocycles. The summed E-state index contributed by atoms with van der Waals surface area (Å²) in [5, 5.41) is 7.49. The molecule has 7 nitrogen and oxygen atoms in total. The molecule has 2 aromatic carbocycles. The molecule has 1 fully saturated rings. The lowest BCUT2D eigenvalue weighted by Crippen LogP contribution is -2.41. The molecule has 0 bridgehead atoms. The molecule has 1 N–H and O–H groups in total. The molecular weight excluding hydrogens is 452 g/mol. The second-order valence-electron chi connectivity index (χ2n) is 7.82. The number of hydrogen-bond acceptors (Lipinski definition) is 6. The Morgan fingerprint density at radius 1 is 1.15 bits per heavy atom. The molecule has 0 aliphatic carbocycles. The van der Waals surface area contributed by atoms with Gasteiger partial charge in [-0.05, 0) is 55.3 Å². The van der Waals surface area contributed by atoms with Crippen LogP contribution in [0.5, 0.6) is 0 Å². The van der Waals surface area contributed by atoms with Crippen molar-refractivity contribution in [2.75, 3.05) is 23.3 Å². The number of halogens is 3. The SMILES string of the molecule is O=C(Nc1ccc(F)c(Cl)c1)[C@@H]1CCCN(c2ncnc3onc(-c4ccc(F)cc4)c23)C1. The van der Waals surface area contributed by atoms with E-state index < -0.39 is 5.82 Å². The predicted octanol–water partition coefficient (Wildman–Crippen LogP) is 5.07. The number of carbonyl (C=O) groups is 1. The molecule has 5 rings (SSSR count). The molecule has 0 saturated carbocycles. The number of nitrogens with one attached hydrogen (secondary N) is 1. The number of carbonyl (C=O) groups excluding carboxylic acids is 1. The van der Waals surface area contributed by atoms with Crippen LogP contribution in [0.1, 0.15) is 12.8 Å². The summed E-state index contributed by atoms with van der Waals surface area (Å²) in [4.78, 5) is 23.5. The number of amides is 1. The topological polar surface area (TPSA) is 84.2 Å². The molecule has 1 atom stereocenters. The maximum atomic E-state index is 13.4. The second-order valence-corrected chi connectivity index (χ2v) is 8.23. The van der Waals surface area contributed by atoms with Crippen LogP contribution in [0, 0.1) is 17.6 Å². The first kappa shape index (κ1) is 21.3. The maximum Gasteiger partial charge on any atom is 0.263 e. The summed E-state index contributed by atoms with van der Waals surface area (Å²) in [6.45, 7) is 1.10. The fourth-order valence-electron chi connectivity index (χ4n) is 4.02. The van der Waals surface area contributed by atoms with Crippen LogP contribution in [-0.4, -0.2) is 34.1 Å². The minimum absolute atomic E-state index is 0.0535. The van der Waals surface area contributed by atoms with E-state index >= 15 is 0 Å². The zero-order chi connectivity index (χ0) is 22.9. The van der Waals surface area contributed by atoms with Crippen molar-refractivity contribution >= 4 is 40.1 Å². The predicted molar refractivity (Wildman–Crippen MR) is 120 cm³/mol. The van der Waals surface area contributed by atoms with Gasteiger partial charge in [0.05, 0.1) is 10.9 Å². The number of nitrogens with zero attached hydrogens (tertiary/aromatic N) is 4. The van der Waals surface area contributed by atoms with Crippen LogP contribution in [-0.2, 0) is 4.79 Å². The van der Waals surface area contributed by atoms with Gasteiger partial charge in [-0.25, -0.2) is 13.8 Å². The maximum absolute atomic E-state index is 13.4. The average Bonchev–Trinajstić information content (AvgIpc) is 3.26. The monoisotopic (exact) mass is 469 g/mol. The van der Waals surface area contributed by atoms with Crippen molar-refractivity contribution in [3.05, 3.63) is 65.4 Å². The van der Waals surface area contributed by atoms with Crippen molar-refractivity contribution in [2.45, 2.75) is 12.8 Å². The number of rotatable bonds is 4. The number of aromatic nitrogens is 3. The van der Waals surface area contributed by atoms with Crippen molar-refractivity contribution in [2.24, 2.45) is 5.92 Å². The largest absolute Gasteiger partial charge is 0.355 e. The highest BCUT2D eigenvalue weighted by molar-refractivity contribution is 6.31. The molecule has 4 aromatic rings. The quantitative estimate of drug-likeness (QED) is 0.449. The Balaban J connectivity index is 1.41. The van der Waals surface area contributed by atoms with Gasteiger partial charge in [-0.2, -0.15) is 4.98 Å². The van der Waals surface area contributed by atoms with E-state index in [9.17, 15) is 13.6 Å². The Kier molecular flexibility index (Phi) is 5.63. The second kappa shape index (κ2) is 8.74. The first-order chi connectivity index (χ1) is 16.0. The van der Waals surface area contributed by atoms with Crippen molar-refractivity contribution in [3.8, 4) is 11.3 Å². The van der Waals surface area contributed by atoms with Gasteiger partial charge in [-0.15, -0.1) is 0 Å². The van der Waals surface area contributed by atoms with Gasteiger partial charge in [-0.3, -0.25) is 4.79 Å². The van der Waals surface area contributed by atoms with Gasteiger partial charge in [0.15, 0.2) is 0 Å². The van der Waals surface area contributed by atoms with Gasteiger partial charge in [-0.1, -0.05) is 16.8 Å². The highest BCUT2D eigenvalue weighted by atomic mass is 35.5. The van der Waals surface area contributed by atoms with Crippen LogP contribution in [0.2, 0.25) is 5.02 Å². The minimum Gasteiger partial charge on any atom is -0.355 e. The summed E-state index contributed by atoms with van der Waals surface area (Å²) in [5.74, 6) is -0.798. The molecule has 168 valence electrons. The van der Waals surface area contributed by atoms with Crippen molar-refractivity contribution in [1.29, 1.82) is 0 Å². The lowest BCUT2D eigenvalue weighted by molar-refractivity contribution is -0.120. The summed E-state index contributed by atoms with van der Waals surface area (Å²) in [6, 6.07) is 10.00. The third-order valence-electron chi connectivity index (χ3n) is 5.65. The van der Waals surface area contributed by atoms with Gasteiger partial charge in [0.1, 0.15) is 34.9 Å². The van der Waals surface area contributed by atoms with E-state index in [1.807, 2.05) is 4.90 Å². The van der Waals surface area contributed by atoms with Gasteiger partial charge in [0.25, 0.3) is 5.71 Å². The van der Waals surface area contributed by atoms with Crippen LogP contribution >= 0.6 is 11.6 Å². The molecule has 1 amide bonds. The summed E-state index contributed by atoms with van der Waals surface area (Å²) < 4.78 is 32.2. The lowest BCUT2D eigenvalue weighted by atomic mass is 9.96. The molecule has 0 spiro atoms. The average molecular weight is 470 g/mol. The Labute approximate surface area is 192 Å². The fraction of sp³-hybridized carbons (Fsp3) is 0.217. The van der Waals surface area contributed by atoms with E-state index in [4.69, 9.17) is 16.1 Å². The summed E-state index contributed by atoms with van der Waals surface area (Å²) in [6.07, 6.45) is 2.85. The number of hydrogen-bond donors (Lipinski definition) is 1. The standard InChI is InChI=1S/C23H18ClF2N5O2/c24-17-10-16(7-8-18(17)26)29-22(32)14-2-1-9-31(11-14)21-19-20(13-3-5-15(25)6-4-13)30-33-23(19)28-12-27-21/h3-8,10,12,14H,1-2,9,11H2,(H,29,32)/t14-/m1/s1. The van der Waals surface area contributed by atoms with Crippen LogP contribution in [0.4, 0.5) is 20.3 Å². The number of benzene rings is 2. The summed E-state index contributed by atoms with van der Waals surface area (Å²) in [5.41, 5.74) is 1.93. The van der Waals surface area contributed by atoms with Crippen molar-refractivity contribution in [1.82, 2.24) is 15.1 Å². The molecule has 0 radical (unpaired) electrons. The van der Waals surface area contributed by atoms with E-state index in [0.717, 1.165) is 6.42 Å². The van der Waals surface area contributed by atoms with Crippen LogP contribution < -0.4 is 10.2 Å². The highest BCUT2D eigenvalue weighted by Gasteiger charge is 2.29. The Hall–Kier alpha value is -3.59. The van der Waals surface area contributed by atoms with Gasteiger partial charge < -0.3 is 14.7 Å². The zero-order valence-corrected chi connectivity index (χ0v) is 18.0. The molecule has 0 unspecified atom stereocenters. The molecule has 2 aromatic heterocycles. The smallest absolute Gasteiger partial charge is 0.263 e. The van der Waals surface area contributed by atoms with Crippen LogP contribution in [0.15, 0.2) is 53.3 Å². The van der Waals surface area contributed by atoms with E-state index in [1.54, 1.807) is 12.1 Å². The van der Waals surface area contributed by atoms with Crippen LogP contribution in [0.3, 0.4) is 0 Å². The third kappa shape index (κ3) is 4.23. The minimum atomic E-state index is -0.544. The van der Waals surface area contributed by atoms with E-state index in [1.165, 1.54) is 36.7 Å². The molecule has 1 saturated heterocycles. The summed E-state index contributed by atoms with van der Waals surface area (Å²) >= 11 is 5.82. The zero-order valence-electron chi connectivity index (χ0n) is 17.3. The Bertz CT molecular complexity index is 1330. The molecule has 33 heavy (non-hydrogen) atoms. The van der Waals surface area contributed by atoms with Crippen molar-refractivity contribution < 1.29 is 18.1 Å². The van der Waals surface area contributed by atoms with Gasteiger partial charge >= 0.3 is 0 Å². The van der Waals surface area contributed by atoms with E-state index in [-0.39, 0.29) is 22.7 Å². The number of piperidine rings is 1. The van der Waals surface area contributed by atoms with Crippen LogP contribution in [0.25, 0.3) is 22.4 Å². The molecular formula is C23H18ClF2N5O2. The first-order valence-corrected chi connectivity index (χ1v) is 10.7. The first-order valence-electron chi connectivity index (χ1n) is 10.4. The van der Waals surface area contributed by atoms with Crippen molar-refractivity contribution in [3.63, 3.8) is 0 Å². The molecule has 1 aliphatic heterocycles. The highest BCUT2D eigenvalue weighted by Crippen LogP contribution is 2.35. The molecule has 10 heteroatoms. The molecule has 1 aliphatic rings. The number of anilines is 2. The third-order valence-corrected chi connectivity index (χ3v) is 5.94. The van der Waals surface area contributed by atoms with Gasteiger partial charge in [0, 0.05) is 24.3 Å². The summed E-state index contributed by atoms with van der Waals surface area (Å²) in [7, 11) is 0. The fourth-order valence-corrected chi connectivity index (χ4v) is 4.20. The lowest BCUT2D eigenvalue weighted by Gasteiger charge is -2.33. The Morgan fingerprint density at radius 2 is 1.97 bits per heavy atom. The van der Waals surface area contributed by atoms with E-state index in [2.05, 4.69) is 20.4 Å². The van der Waals surface area contributed by atoms with E-state index in [0.29, 0.717) is 53.4 Å². The normalized spacial score (nSPS) is 16.2. The number of fused-ring (bicyclic) bond motifs is 1. The Morgan fingerprint density at radius 3 is 2.76 bits per heavy atom. The van der Waals surface area contributed by atoms with Gasteiger partial charge in [0.2, 0.25) is 5.91 Å².